The highest BCUT2D eigenvalue weighted by Crippen LogP contribution is 2.22. The van der Waals surface area contributed by atoms with Gasteiger partial charge in [-0.15, -0.1) is 0 Å². The van der Waals surface area contributed by atoms with Crippen LogP contribution in [0.15, 0.2) is 42.9 Å². The molecule has 3 rings (SSSR count). The zero-order valence-corrected chi connectivity index (χ0v) is 12.0. The van der Waals surface area contributed by atoms with Crippen molar-refractivity contribution in [1.29, 1.82) is 0 Å². The van der Waals surface area contributed by atoms with Crippen LogP contribution in [0, 0.1) is 0 Å². The van der Waals surface area contributed by atoms with Crippen molar-refractivity contribution >= 4 is 5.91 Å². The maximum atomic E-state index is 12.6. The molecule has 2 aromatic rings. The molecule has 1 aliphatic carbocycles. The van der Waals surface area contributed by atoms with Gasteiger partial charge in [0, 0.05) is 23.4 Å². The van der Waals surface area contributed by atoms with Crippen LogP contribution in [0.1, 0.15) is 42.5 Å². The third kappa shape index (κ3) is 3.27. The maximum Gasteiger partial charge on any atom is 0.252 e. The summed E-state index contributed by atoms with van der Waals surface area (Å²) in [4.78, 5) is 20.7. The Balaban J connectivity index is 1.83. The molecule has 4 heteroatoms. The Bertz CT molecular complexity index is 606. The van der Waals surface area contributed by atoms with Crippen molar-refractivity contribution in [2.45, 2.75) is 38.1 Å². The number of nitrogens with zero attached hydrogens (tertiary/aromatic N) is 2. The molecule has 1 fully saturated rings. The Morgan fingerprint density at radius 1 is 1.10 bits per heavy atom. The highest BCUT2D eigenvalue weighted by molar-refractivity contribution is 6.00. The van der Waals surface area contributed by atoms with Gasteiger partial charge in [0.15, 0.2) is 0 Å². The van der Waals surface area contributed by atoms with E-state index >= 15 is 0 Å². The molecule has 0 bridgehead atoms. The Morgan fingerprint density at radius 2 is 1.90 bits per heavy atom. The van der Waals surface area contributed by atoms with Gasteiger partial charge in [-0.05, 0) is 25.0 Å². The largest absolute Gasteiger partial charge is 0.349 e. The summed E-state index contributed by atoms with van der Waals surface area (Å²) in [6.07, 6.45) is 9.06. The number of carbonyl (C=O) groups excluding carboxylic acids is 1. The van der Waals surface area contributed by atoms with E-state index < -0.39 is 0 Å². The zero-order chi connectivity index (χ0) is 14.5. The van der Waals surface area contributed by atoms with Crippen LogP contribution < -0.4 is 5.32 Å². The number of hydrogen-bond donors (Lipinski definition) is 1. The predicted molar refractivity (Wildman–Crippen MR) is 81.8 cm³/mol. The summed E-state index contributed by atoms with van der Waals surface area (Å²) < 4.78 is 0. The van der Waals surface area contributed by atoms with Crippen molar-refractivity contribution in [2.24, 2.45) is 0 Å². The first kappa shape index (κ1) is 13.7. The monoisotopic (exact) mass is 281 g/mol. The van der Waals surface area contributed by atoms with Gasteiger partial charge < -0.3 is 5.32 Å². The summed E-state index contributed by atoms with van der Waals surface area (Å²) in [6, 6.07) is 9.74. The fraction of sp³-hybridized carbons (Fsp3) is 0.353. The second-order valence-electron chi connectivity index (χ2n) is 5.45. The van der Waals surface area contributed by atoms with Gasteiger partial charge in [0.25, 0.3) is 5.91 Å². The Kier molecular flexibility index (Phi) is 4.24. The summed E-state index contributed by atoms with van der Waals surface area (Å²) in [7, 11) is 0. The lowest BCUT2D eigenvalue weighted by Gasteiger charge is -2.23. The molecule has 1 saturated carbocycles. The topological polar surface area (TPSA) is 54.9 Å². The standard InChI is InChI=1S/C17H19N3O/c21-17(20-13-6-2-1-3-7-13)15-9-5-4-8-14(15)16-10-11-18-12-19-16/h4-5,8-13H,1-3,6-7H2,(H,20,21). The smallest absolute Gasteiger partial charge is 0.252 e. The highest BCUT2D eigenvalue weighted by atomic mass is 16.1. The quantitative estimate of drug-likeness (QED) is 0.940. The molecule has 1 aromatic carbocycles. The van der Waals surface area contributed by atoms with Gasteiger partial charge in [0.05, 0.1) is 5.69 Å². The summed E-state index contributed by atoms with van der Waals surface area (Å²) in [5.74, 6) is -0.00360. The molecule has 0 atom stereocenters. The normalized spacial score (nSPS) is 15.6. The summed E-state index contributed by atoms with van der Waals surface area (Å²) in [6.45, 7) is 0. The highest BCUT2D eigenvalue weighted by Gasteiger charge is 2.19. The van der Waals surface area contributed by atoms with Crippen LogP contribution in [-0.2, 0) is 0 Å². The Labute approximate surface area is 124 Å². The molecule has 1 N–H and O–H groups in total. The first-order chi connectivity index (χ1) is 10.3. The molecular weight excluding hydrogens is 262 g/mol. The molecule has 21 heavy (non-hydrogen) atoms. The van der Waals surface area contributed by atoms with Gasteiger partial charge in [-0.2, -0.15) is 0 Å². The summed E-state index contributed by atoms with van der Waals surface area (Å²) >= 11 is 0. The third-order valence-corrected chi connectivity index (χ3v) is 3.97. The summed E-state index contributed by atoms with van der Waals surface area (Å²) in [5, 5.41) is 3.16. The van der Waals surface area contributed by atoms with Crippen LogP contribution >= 0.6 is 0 Å². The van der Waals surface area contributed by atoms with Crippen molar-refractivity contribution < 1.29 is 4.79 Å². The van der Waals surface area contributed by atoms with E-state index in [2.05, 4.69) is 15.3 Å². The number of rotatable bonds is 3. The third-order valence-electron chi connectivity index (χ3n) is 3.97. The van der Waals surface area contributed by atoms with Crippen LogP contribution in [0.25, 0.3) is 11.3 Å². The van der Waals surface area contributed by atoms with Gasteiger partial charge in [0.2, 0.25) is 0 Å². The molecule has 108 valence electrons. The minimum absolute atomic E-state index is 0.00360. The average Bonchev–Trinajstić information content (AvgIpc) is 2.56. The van der Waals surface area contributed by atoms with Crippen LogP contribution in [0.5, 0.6) is 0 Å². The second-order valence-corrected chi connectivity index (χ2v) is 5.45. The fourth-order valence-corrected chi connectivity index (χ4v) is 2.86. The average molecular weight is 281 g/mol. The van der Waals surface area contributed by atoms with Crippen LogP contribution in [0.3, 0.4) is 0 Å². The van der Waals surface area contributed by atoms with Gasteiger partial charge in [-0.3, -0.25) is 4.79 Å². The molecule has 0 unspecified atom stereocenters. The molecule has 0 radical (unpaired) electrons. The van der Waals surface area contributed by atoms with E-state index in [4.69, 9.17) is 0 Å². The van der Waals surface area contributed by atoms with Crippen molar-refractivity contribution in [2.75, 3.05) is 0 Å². The molecule has 0 saturated heterocycles. The number of hydrogen-bond acceptors (Lipinski definition) is 3. The fourth-order valence-electron chi connectivity index (χ4n) is 2.86. The van der Waals surface area contributed by atoms with E-state index in [-0.39, 0.29) is 5.91 Å². The number of nitrogens with one attached hydrogen (secondary N) is 1. The Morgan fingerprint density at radius 3 is 2.67 bits per heavy atom. The molecule has 1 aliphatic rings. The molecule has 1 heterocycles. The molecule has 0 aliphatic heterocycles. The molecule has 1 aromatic heterocycles. The van der Waals surface area contributed by atoms with E-state index in [9.17, 15) is 4.79 Å². The van der Waals surface area contributed by atoms with Crippen LogP contribution in [-0.4, -0.2) is 21.9 Å². The van der Waals surface area contributed by atoms with E-state index in [0.717, 1.165) is 24.1 Å². The molecule has 0 spiro atoms. The minimum atomic E-state index is -0.00360. The first-order valence-electron chi connectivity index (χ1n) is 7.51. The molecular formula is C17H19N3O. The van der Waals surface area contributed by atoms with Crippen molar-refractivity contribution in [3.8, 4) is 11.3 Å². The molecule has 4 nitrogen and oxygen atoms in total. The Hall–Kier alpha value is -2.23. The van der Waals surface area contributed by atoms with Crippen LogP contribution in [0.2, 0.25) is 0 Å². The lowest BCUT2D eigenvalue weighted by atomic mass is 9.95. The van der Waals surface area contributed by atoms with Gasteiger partial charge in [-0.1, -0.05) is 37.5 Å². The SMILES string of the molecule is O=C(NC1CCCCC1)c1ccccc1-c1ccncn1. The zero-order valence-electron chi connectivity index (χ0n) is 12.0. The van der Waals surface area contributed by atoms with Crippen molar-refractivity contribution in [3.05, 3.63) is 48.4 Å². The van der Waals surface area contributed by atoms with Crippen LogP contribution in [0.4, 0.5) is 0 Å². The van der Waals surface area contributed by atoms with Gasteiger partial charge in [-0.25, -0.2) is 9.97 Å². The lowest BCUT2D eigenvalue weighted by Crippen LogP contribution is -2.36. The van der Waals surface area contributed by atoms with E-state index in [1.807, 2.05) is 30.3 Å². The second kappa shape index (κ2) is 6.48. The minimum Gasteiger partial charge on any atom is -0.349 e. The summed E-state index contributed by atoms with van der Waals surface area (Å²) in [5.41, 5.74) is 2.31. The van der Waals surface area contributed by atoms with Gasteiger partial charge in [0.1, 0.15) is 6.33 Å². The number of benzene rings is 1. The lowest BCUT2D eigenvalue weighted by molar-refractivity contribution is 0.0928. The van der Waals surface area contributed by atoms with E-state index in [1.165, 1.54) is 25.6 Å². The number of amides is 1. The van der Waals surface area contributed by atoms with Crippen molar-refractivity contribution in [3.63, 3.8) is 0 Å². The number of carbonyl (C=O) groups is 1. The first-order valence-corrected chi connectivity index (χ1v) is 7.51. The van der Waals surface area contributed by atoms with Crippen molar-refractivity contribution in [1.82, 2.24) is 15.3 Å². The number of aromatic nitrogens is 2. The molecule has 1 amide bonds. The van der Waals surface area contributed by atoms with E-state index in [1.54, 1.807) is 6.20 Å². The van der Waals surface area contributed by atoms with Gasteiger partial charge >= 0.3 is 0 Å². The maximum absolute atomic E-state index is 12.6. The van der Waals surface area contributed by atoms with E-state index in [0.29, 0.717) is 11.6 Å². The predicted octanol–water partition coefficient (Wildman–Crippen LogP) is 3.21.